The Hall–Kier alpha value is -2.61. The molecule has 0 spiro atoms. The van der Waals surface area contributed by atoms with Crippen LogP contribution in [0.25, 0.3) is 11.3 Å². The highest BCUT2D eigenvalue weighted by Crippen LogP contribution is 2.40. The third-order valence-corrected chi connectivity index (χ3v) is 6.35. The highest BCUT2D eigenvalue weighted by Gasteiger charge is 2.35. The van der Waals surface area contributed by atoms with E-state index in [1.165, 1.54) is 23.8 Å². The quantitative estimate of drug-likeness (QED) is 0.433. The van der Waals surface area contributed by atoms with Crippen LogP contribution in [0.5, 0.6) is 5.75 Å². The van der Waals surface area contributed by atoms with Gasteiger partial charge in [-0.2, -0.15) is 13.2 Å². The Bertz CT molecular complexity index is 1010. The van der Waals surface area contributed by atoms with Gasteiger partial charge in [-0.1, -0.05) is 19.3 Å². The van der Waals surface area contributed by atoms with Crippen LogP contribution in [0.3, 0.4) is 0 Å². The first-order valence-electron chi connectivity index (χ1n) is 10.4. The molecule has 0 amide bonds. The summed E-state index contributed by atoms with van der Waals surface area (Å²) in [6.45, 7) is 2.25. The van der Waals surface area contributed by atoms with Gasteiger partial charge in [0.2, 0.25) is 0 Å². The van der Waals surface area contributed by atoms with E-state index in [9.17, 15) is 13.2 Å². The van der Waals surface area contributed by atoms with Crippen LogP contribution in [-0.4, -0.2) is 16.6 Å². The van der Waals surface area contributed by atoms with Crippen LogP contribution in [0.15, 0.2) is 42.7 Å². The normalized spacial score (nSPS) is 15.1. The summed E-state index contributed by atoms with van der Waals surface area (Å²) in [7, 11) is 0. The number of thiazole rings is 1. The van der Waals surface area contributed by atoms with Gasteiger partial charge in [-0.05, 0) is 56.0 Å². The van der Waals surface area contributed by atoms with Crippen molar-refractivity contribution in [2.75, 3.05) is 11.9 Å². The maximum Gasteiger partial charge on any atom is 0.420 e. The van der Waals surface area contributed by atoms with Gasteiger partial charge in [0.05, 0.1) is 17.9 Å². The first kappa shape index (κ1) is 21.6. The van der Waals surface area contributed by atoms with Crippen molar-refractivity contribution in [3.63, 3.8) is 0 Å². The molecule has 8 heteroatoms. The molecule has 4 nitrogen and oxygen atoms in total. The molecule has 1 aromatic carbocycles. The summed E-state index contributed by atoms with van der Waals surface area (Å²) in [6.07, 6.45) is 4.37. The van der Waals surface area contributed by atoms with Crippen molar-refractivity contribution < 1.29 is 17.9 Å². The number of ether oxygens (including phenoxy) is 1. The number of halogens is 3. The number of pyridine rings is 1. The maximum absolute atomic E-state index is 13.7. The van der Waals surface area contributed by atoms with Crippen LogP contribution in [0, 0.1) is 12.8 Å². The van der Waals surface area contributed by atoms with E-state index >= 15 is 0 Å². The summed E-state index contributed by atoms with van der Waals surface area (Å²) in [6, 6.07) is 7.82. The summed E-state index contributed by atoms with van der Waals surface area (Å²) >= 11 is 1.39. The van der Waals surface area contributed by atoms with Gasteiger partial charge in [-0.15, -0.1) is 11.3 Å². The minimum Gasteiger partial charge on any atom is -0.493 e. The van der Waals surface area contributed by atoms with Gasteiger partial charge in [0.1, 0.15) is 5.75 Å². The van der Waals surface area contributed by atoms with Crippen LogP contribution in [0.2, 0.25) is 0 Å². The molecule has 1 aliphatic carbocycles. The molecule has 0 unspecified atom stereocenters. The van der Waals surface area contributed by atoms with E-state index in [-0.39, 0.29) is 5.75 Å². The molecule has 0 radical (unpaired) electrons. The molecule has 0 aliphatic heterocycles. The minimum absolute atomic E-state index is 0.116. The zero-order chi connectivity index (χ0) is 21.8. The molecule has 1 fully saturated rings. The third-order valence-electron chi connectivity index (χ3n) is 5.47. The van der Waals surface area contributed by atoms with Gasteiger partial charge in [0, 0.05) is 28.5 Å². The lowest BCUT2D eigenvalue weighted by Crippen LogP contribution is -2.17. The van der Waals surface area contributed by atoms with Crippen LogP contribution in [0.4, 0.5) is 24.0 Å². The number of benzene rings is 1. The summed E-state index contributed by atoms with van der Waals surface area (Å²) in [5.74, 6) is 0.215. The first-order valence-corrected chi connectivity index (χ1v) is 11.2. The van der Waals surface area contributed by atoms with Gasteiger partial charge in [0.25, 0.3) is 0 Å². The van der Waals surface area contributed by atoms with Crippen molar-refractivity contribution in [3.8, 4) is 17.0 Å². The number of hydrogen-bond donors (Lipinski definition) is 1. The molecule has 0 saturated heterocycles. The molecule has 1 saturated carbocycles. The molecule has 1 N–H and O–H groups in total. The molecule has 0 bridgehead atoms. The fourth-order valence-electron chi connectivity index (χ4n) is 3.86. The van der Waals surface area contributed by atoms with E-state index in [4.69, 9.17) is 4.74 Å². The smallest absolute Gasteiger partial charge is 0.420 e. The number of nitrogens with one attached hydrogen (secondary N) is 1. The highest BCUT2D eigenvalue weighted by molar-refractivity contribution is 7.16. The largest absolute Gasteiger partial charge is 0.493 e. The monoisotopic (exact) mass is 447 g/mol. The number of aryl methyl sites for hydroxylation is 1. The summed E-state index contributed by atoms with van der Waals surface area (Å²) < 4.78 is 46.7. The number of rotatable bonds is 6. The van der Waals surface area contributed by atoms with Gasteiger partial charge < -0.3 is 10.1 Å². The van der Waals surface area contributed by atoms with Gasteiger partial charge in [-0.25, -0.2) is 4.98 Å². The second-order valence-electron chi connectivity index (χ2n) is 7.81. The van der Waals surface area contributed by atoms with Crippen molar-refractivity contribution in [2.45, 2.75) is 45.2 Å². The van der Waals surface area contributed by atoms with Crippen molar-refractivity contribution in [3.05, 3.63) is 53.2 Å². The molecule has 2 aromatic heterocycles. The highest BCUT2D eigenvalue weighted by atomic mass is 32.1. The Balaban J connectivity index is 1.52. The number of hydrogen-bond acceptors (Lipinski definition) is 5. The Morgan fingerprint density at radius 1 is 1.16 bits per heavy atom. The number of nitrogens with zero attached hydrogens (tertiary/aromatic N) is 2. The van der Waals surface area contributed by atoms with Crippen molar-refractivity contribution in [1.29, 1.82) is 0 Å². The van der Waals surface area contributed by atoms with E-state index in [1.54, 1.807) is 18.5 Å². The Morgan fingerprint density at radius 3 is 2.68 bits per heavy atom. The van der Waals surface area contributed by atoms with Crippen molar-refractivity contribution in [1.82, 2.24) is 9.97 Å². The molecule has 2 heterocycles. The lowest BCUT2D eigenvalue weighted by molar-refractivity contribution is -0.139. The summed E-state index contributed by atoms with van der Waals surface area (Å²) in [5.41, 5.74) is 1.19. The van der Waals surface area contributed by atoms with Gasteiger partial charge in [0.15, 0.2) is 5.13 Å². The van der Waals surface area contributed by atoms with Crippen LogP contribution in [-0.2, 0) is 6.18 Å². The molecular formula is C23H24F3N3OS. The van der Waals surface area contributed by atoms with Gasteiger partial charge in [-0.3, -0.25) is 4.98 Å². The fourth-order valence-corrected chi connectivity index (χ4v) is 4.72. The molecular weight excluding hydrogens is 423 g/mol. The van der Waals surface area contributed by atoms with Crippen LogP contribution < -0.4 is 10.1 Å². The van der Waals surface area contributed by atoms with E-state index in [0.717, 1.165) is 47.9 Å². The average molecular weight is 448 g/mol. The lowest BCUT2D eigenvalue weighted by atomic mass is 9.90. The van der Waals surface area contributed by atoms with Crippen molar-refractivity contribution in [2.24, 2.45) is 5.92 Å². The SMILES string of the molecule is Cc1sc(Nc2ccc(OCC3CCCCC3)c(C(F)(F)F)c2)nc1-c1cccnc1. The number of aromatic nitrogens is 2. The van der Waals surface area contributed by atoms with Crippen LogP contribution in [0.1, 0.15) is 42.5 Å². The number of anilines is 2. The zero-order valence-electron chi connectivity index (χ0n) is 17.2. The topological polar surface area (TPSA) is 47.0 Å². The number of alkyl halides is 3. The molecule has 31 heavy (non-hydrogen) atoms. The van der Waals surface area contributed by atoms with E-state index in [0.29, 0.717) is 23.3 Å². The second-order valence-corrected chi connectivity index (χ2v) is 9.02. The lowest BCUT2D eigenvalue weighted by Gasteiger charge is -2.23. The molecule has 3 aromatic rings. The standard InChI is InChI=1S/C23H24F3N3OS/c1-15-21(17-8-5-11-27-13-17)29-22(31-15)28-18-9-10-20(19(12-18)23(24,25)26)30-14-16-6-3-2-4-7-16/h5,8-13,16H,2-4,6-7,14H2,1H3,(H,28,29). The summed E-state index contributed by atoms with van der Waals surface area (Å²) in [4.78, 5) is 9.60. The Labute approximate surface area is 183 Å². The van der Waals surface area contributed by atoms with E-state index in [2.05, 4.69) is 15.3 Å². The summed E-state index contributed by atoms with van der Waals surface area (Å²) in [5, 5.41) is 3.54. The van der Waals surface area contributed by atoms with E-state index in [1.807, 2.05) is 19.1 Å². The minimum atomic E-state index is -4.50. The van der Waals surface area contributed by atoms with Gasteiger partial charge >= 0.3 is 6.18 Å². The fraction of sp³-hybridized carbons (Fsp3) is 0.391. The van der Waals surface area contributed by atoms with Crippen molar-refractivity contribution >= 4 is 22.2 Å². The molecule has 4 rings (SSSR count). The van der Waals surface area contributed by atoms with Crippen LogP contribution >= 0.6 is 11.3 Å². The first-order chi connectivity index (χ1) is 14.9. The third kappa shape index (κ3) is 5.36. The Morgan fingerprint density at radius 2 is 1.97 bits per heavy atom. The Kier molecular flexibility index (Phi) is 6.46. The second kappa shape index (κ2) is 9.26. The predicted octanol–water partition coefficient (Wildman–Crippen LogP) is 7.24. The maximum atomic E-state index is 13.7. The van der Waals surface area contributed by atoms with E-state index < -0.39 is 11.7 Å². The molecule has 0 atom stereocenters. The predicted molar refractivity (Wildman–Crippen MR) is 117 cm³/mol. The molecule has 1 aliphatic rings. The zero-order valence-corrected chi connectivity index (χ0v) is 18.0. The molecule has 164 valence electrons. The average Bonchev–Trinajstić information content (AvgIpc) is 3.13.